The van der Waals surface area contributed by atoms with Gasteiger partial charge >= 0.3 is 11.8 Å². The number of nitrogens with one attached hydrogen (secondary N) is 2. The summed E-state index contributed by atoms with van der Waals surface area (Å²) in [6.45, 7) is 0.302. The topological polar surface area (TPSA) is 89.8 Å². The van der Waals surface area contributed by atoms with Crippen LogP contribution < -0.4 is 20.1 Å². The number of hydrogen-bond acceptors (Lipinski definition) is 5. The lowest BCUT2D eigenvalue weighted by Crippen LogP contribution is -2.34. The second-order valence-corrected chi connectivity index (χ2v) is 4.28. The first-order chi connectivity index (χ1) is 10.2. The molecular weight excluding hydrogens is 276 g/mol. The van der Waals surface area contributed by atoms with Gasteiger partial charge in [0.25, 0.3) is 0 Å². The molecule has 3 rings (SSSR count). The highest BCUT2D eigenvalue weighted by Crippen LogP contribution is 2.34. The van der Waals surface area contributed by atoms with Gasteiger partial charge in [0.15, 0.2) is 11.5 Å². The average molecular weight is 288 g/mol. The summed E-state index contributed by atoms with van der Waals surface area (Å²) in [4.78, 5) is 23.4. The molecule has 1 aliphatic rings. The average Bonchev–Trinajstić information content (AvgIpc) is 3.15. The van der Waals surface area contributed by atoms with Crippen LogP contribution in [-0.4, -0.2) is 18.6 Å². The molecule has 1 aromatic carbocycles. The number of furan rings is 1. The van der Waals surface area contributed by atoms with Crippen molar-refractivity contribution >= 4 is 17.5 Å². The fraction of sp³-hybridized carbons (Fsp3) is 0.143. The third kappa shape index (κ3) is 2.97. The number of rotatable bonds is 3. The van der Waals surface area contributed by atoms with Crippen LogP contribution in [-0.2, 0) is 16.1 Å². The standard InChI is InChI=1S/C14H12N2O5/c17-13(15-7-10-2-1-5-19-10)14(18)16-9-3-4-11-12(6-9)21-8-20-11/h1-6H,7-8H2,(H,15,17)(H,16,18). The highest BCUT2D eigenvalue weighted by Gasteiger charge is 2.17. The van der Waals surface area contributed by atoms with Crippen molar-refractivity contribution in [3.05, 3.63) is 42.4 Å². The van der Waals surface area contributed by atoms with Crippen molar-refractivity contribution < 1.29 is 23.5 Å². The molecule has 0 atom stereocenters. The highest BCUT2D eigenvalue weighted by molar-refractivity contribution is 6.39. The summed E-state index contributed by atoms with van der Waals surface area (Å²) in [7, 11) is 0. The Morgan fingerprint density at radius 2 is 1.95 bits per heavy atom. The largest absolute Gasteiger partial charge is 0.467 e. The fourth-order valence-corrected chi connectivity index (χ4v) is 1.82. The molecule has 2 N–H and O–H groups in total. The molecule has 0 bridgehead atoms. The van der Waals surface area contributed by atoms with Crippen LogP contribution in [0.5, 0.6) is 11.5 Å². The monoisotopic (exact) mass is 288 g/mol. The molecule has 0 saturated heterocycles. The molecule has 0 spiro atoms. The van der Waals surface area contributed by atoms with Gasteiger partial charge in [-0.2, -0.15) is 0 Å². The molecule has 0 radical (unpaired) electrons. The van der Waals surface area contributed by atoms with Gasteiger partial charge in [-0.3, -0.25) is 9.59 Å². The first kappa shape index (κ1) is 13.0. The van der Waals surface area contributed by atoms with Gasteiger partial charge in [-0.1, -0.05) is 0 Å². The Labute approximate surface area is 119 Å². The number of fused-ring (bicyclic) bond motifs is 1. The van der Waals surface area contributed by atoms with E-state index in [4.69, 9.17) is 13.9 Å². The van der Waals surface area contributed by atoms with E-state index in [-0.39, 0.29) is 13.3 Å². The zero-order valence-corrected chi connectivity index (χ0v) is 10.9. The van der Waals surface area contributed by atoms with Crippen molar-refractivity contribution in [1.82, 2.24) is 5.32 Å². The number of hydrogen-bond donors (Lipinski definition) is 2. The van der Waals surface area contributed by atoms with Gasteiger partial charge in [-0.05, 0) is 24.3 Å². The van der Waals surface area contributed by atoms with Crippen LogP contribution in [0.15, 0.2) is 41.0 Å². The van der Waals surface area contributed by atoms with E-state index >= 15 is 0 Å². The normalized spacial score (nSPS) is 12.0. The minimum atomic E-state index is -0.763. The Kier molecular flexibility index (Phi) is 3.46. The highest BCUT2D eigenvalue weighted by atomic mass is 16.7. The predicted molar refractivity (Wildman–Crippen MR) is 71.7 cm³/mol. The van der Waals surface area contributed by atoms with Gasteiger partial charge in [-0.25, -0.2) is 0 Å². The van der Waals surface area contributed by atoms with Crippen LogP contribution in [0.4, 0.5) is 5.69 Å². The summed E-state index contributed by atoms with van der Waals surface area (Å²) >= 11 is 0. The summed E-state index contributed by atoms with van der Waals surface area (Å²) in [6, 6.07) is 8.30. The molecule has 108 valence electrons. The van der Waals surface area contributed by atoms with Crippen LogP contribution in [0.1, 0.15) is 5.76 Å². The molecule has 7 heteroatoms. The van der Waals surface area contributed by atoms with Crippen LogP contribution in [0, 0.1) is 0 Å². The van der Waals surface area contributed by atoms with E-state index in [9.17, 15) is 9.59 Å². The SMILES string of the molecule is O=C(NCc1ccco1)C(=O)Nc1ccc2c(c1)OCO2. The number of carbonyl (C=O) groups excluding carboxylic acids is 2. The maximum atomic E-state index is 11.7. The Morgan fingerprint density at radius 1 is 1.10 bits per heavy atom. The van der Waals surface area contributed by atoms with E-state index in [0.29, 0.717) is 22.9 Å². The molecule has 7 nitrogen and oxygen atoms in total. The van der Waals surface area contributed by atoms with Gasteiger partial charge in [0.2, 0.25) is 6.79 Å². The smallest absolute Gasteiger partial charge is 0.313 e. The maximum Gasteiger partial charge on any atom is 0.313 e. The van der Waals surface area contributed by atoms with Crippen molar-refractivity contribution in [3.63, 3.8) is 0 Å². The lowest BCUT2D eigenvalue weighted by atomic mass is 10.2. The third-order valence-corrected chi connectivity index (χ3v) is 2.84. The molecule has 1 aromatic heterocycles. The molecule has 1 aliphatic heterocycles. The van der Waals surface area contributed by atoms with E-state index < -0.39 is 11.8 Å². The molecule has 0 saturated carbocycles. The molecule has 0 unspecified atom stereocenters. The molecule has 0 fully saturated rings. The Morgan fingerprint density at radius 3 is 2.76 bits per heavy atom. The third-order valence-electron chi connectivity index (χ3n) is 2.84. The van der Waals surface area contributed by atoms with Crippen LogP contribution in [0.25, 0.3) is 0 Å². The summed E-state index contributed by atoms with van der Waals surface area (Å²) in [5.41, 5.74) is 0.456. The fourth-order valence-electron chi connectivity index (χ4n) is 1.82. The second kappa shape index (κ2) is 5.58. The molecule has 21 heavy (non-hydrogen) atoms. The lowest BCUT2D eigenvalue weighted by Gasteiger charge is -2.06. The number of carbonyl (C=O) groups is 2. The van der Waals surface area contributed by atoms with E-state index in [1.807, 2.05) is 0 Å². The number of amides is 2. The van der Waals surface area contributed by atoms with E-state index in [0.717, 1.165) is 0 Å². The number of benzene rings is 1. The lowest BCUT2D eigenvalue weighted by molar-refractivity contribution is -0.136. The summed E-state index contributed by atoms with van der Waals surface area (Å²) in [5.74, 6) is 0.197. The maximum absolute atomic E-state index is 11.7. The molecule has 0 aliphatic carbocycles. The zero-order valence-electron chi connectivity index (χ0n) is 10.9. The Hall–Kier alpha value is -2.96. The molecule has 2 aromatic rings. The summed E-state index contributed by atoms with van der Waals surface area (Å²) in [6.07, 6.45) is 1.49. The summed E-state index contributed by atoms with van der Waals surface area (Å²) in [5, 5.41) is 4.94. The summed E-state index contributed by atoms with van der Waals surface area (Å²) < 4.78 is 15.4. The van der Waals surface area contributed by atoms with Crippen molar-refractivity contribution in [1.29, 1.82) is 0 Å². The van der Waals surface area contributed by atoms with Gasteiger partial charge in [0.05, 0.1) is 12.8 Å². The van der Waals surface area contributed by atoms with Crippen LogP contribution in [0.3, 0.4) is 0 Å². The number of ether oxygens (including phenoxy) is 2. The van der Waals surface area contributed by atoms with Gasteiger partial charge in [-0.15, -0.1) is 0 Å². The van der Waals surface area contributed by atoms with Gasteiger partial charge < -0.3 is 24.5 Å². The minimum absolute atomic E-state index is 0.149. The van der Waals surface area contributed by atoms with Crippen molar-refractivity contribution in [2.75, 3.05) is 12.1 Å². The first-order valence-corrected chi connectivity index (χ1v) is 6.23. The Bertz CT molecular complexity index is 666. The van der Waals surface area contributed by atoms with Crippen LogP contribution in [0.2, 0.25) is 0 Å². The van der Waals surface area contributed by atoms with E-state index in [1.54, 1.807) is 30.3 Å². The van der Waals surface area contributed by atoms with Crippen molar-refractivity contribution in [3.8, 4) is 11.5 Å². The van der Waals surface area contributed by atoms with E-state index in [2.05, 4.69) is 10.6 Å². The first-order valence-electron chi connectivity index (χ1n) is 6.23. The van der Waals surface area contributed by atoms with E-state index in [1.165, 1.54) is 6.26 Å². The second-order valence-electron chi connectivity index (χ2n) is 4.28. The van der Waals surface area contributed by atoms with Crippen molar-refractivity contribution in [2.24, 2.45) is 0 Å². The zero-order chi connectivity index (χ0) is 14.7. The molecule has 2 heterocycles. The molecule has 2 amide bonds. The minimum Gasteiger partial charge on any atom is -0.467 e. The van der Waals surface area contributed by atoms with Crippen LogP contribution >= 0.6 is 0 Å². The van der Waals surface area contributed by atoms with Gasteiger partial charge in [0.1, 0.15) is 5.76 Å². The predicted octanol–water partition coefficient (Wildman–Crippen LogP) is 1.26. The quantitative estimate of drug-likeness (QED) is 0.830. The van der Waals surface area contributed by atoms with Crippen molar-refractivity contribution in [2.45, 2.75) is 6.54 Å². The Balaban J connectivity index is 1.56. The number of anilines is 1. The molecular formula is C14H12N2O5. The van der Waals surface area contributed by atoms with Gasteiger partial charge in [0, 0.05) is 11.8 Å².